The average molecular weight is 494 g/mol. The Morgan fingerprint density at radius 1 is 1.17 bits per heavy atom. The van der Waals surface area contributed by atoms with Crippen LogP contribution in [-0.2, 0) is 0 Å². The Kier molecular flexibility index (Phi) is 7.20. The molecule has 0 saturated carbocycles. The Balaban J connectivity index is 1.88. The van der Waals surface area contributed by atoms with Crippen LogP contribution in [0, 0.1) is 23.0 Å². The molecule has 2 aromatic rings. The molecule has 2 amide bonds. The zero-order chi connectivity index (χ0) is 26.1. The number of nitrogens with one attached hydrogen (secondary N) is 4. The number of piperidine rings is 1. The van der Waals surface area contributed by atoms with Crippen LogP contribution in [0.4, 0.5) is 41.1 Å². The molecule has 0 aliphatic carbocycles. The Morgan fingerprint density at radius 3 is 2.37 bits per heavy atom. The first-order valence-corrected chi connectivity index (χ1v) is 11.0. The number of hydrogen-bond acceptors (Lipinski definition) is 8. The molecule has 1 aromatic carbocycles. The molecule has 13 heteroatoms. The molecule has 1 saturated heterocycles. The normalized spacial score (nSPS) is 17.5. The SMILES string of the molecule is CNC(=O)N(N=N)c1c(F)ccc(Nc2ncc(F)c(NC3CC(C)(C)N(C)C(C)(C)C3)n2)c1F. The number of halogens is 3. The van der Waals surface area contributed by atoms with Crippen molar-refractivity contribution in [1.29, 1.82) is 5.53 Å². The van der Waals surface area contributed by atoms with E-state index in [1.54, 1.807) is 0 Å². The van der Waals surface area contributed by atoms with Crippen molar-refractivity contribution in [1.82, 2.24) is 20.2 Å². The van der Waals surface area contributed by atoms with Crippen molar-refractivity contribution in [3.05, 3.63) is 35.8 Å². The standard InChI is InChI=1S/C22H30F3N9O/c1-21(2)9-12(10-22(3,4)33(21)6)29-18-14(24)11-28-19(31-18)30-15-8-7-13(23)17(16(15)25)34(32-26)20(35)27-5/h7-8,11-12,26H,9-10H2,1-6H3,(H,27,35)(H2,28,29,30,31). The second-order valence-electron chi connectivity index (χ2n) is 9.67. The Morgan fingerprint density at radius 2 is 1.80 bits per heavy atom. The number of urea groups is 1. The van der Waals surface area contributed by atoms with Gasteiger partial charge >= 0.3 is 6.03 Å². The van der Waals surface area contributed by atoms with Crippen molar-refractivity contribution in [3.8, 4) is 0 Å². The summed E-state index contributed by atoms with van der Waals surface area (Å²) in [5.41, 5.74) is 5.68. The van der Waals surface area contributed by atoms with E-state index in [1.807, 2.05) is 0 Å². The molecule has 0 atom stereocenters. The van der Waals surface area contributed by atoms with Crippen molar-refractivity contribution in [2.45, 2.75) is 57.7 Å². The summed E-state index contributed by atoms with van der Waals surface area (Å²) in [4.78, 5) is 22.2. The highest BCUT2D eigenvalue weighted by atomic mass is 19.1. The molecule has 1 aliphatic heterocycles. The van der Waals surface area contributed by atoms with E-state index in [1.165, 1.54) is 7.05 Å². The fourth-order valence-corrected chi connectivity index (χ4v) is 4.45. The summed E-state index contributed by atoms with van der Waals surface area (Å²) in [5, 5.41) is 11.0. The molecule has 0 bridgehead atoms. The van der Waals surface area contributed by atoms with E-state index in [0.717, 1.165) is 31.2 Å². The van der Waals surface area contributed by atoms with Gasteiger partial charge in [-0.3, -0.25) is 4.90 Å². The van der Waals surface area contributed by atoms with Gasteiger partial charge in [0.1, 0.15) is 5.69 Å². The first-order chi connectivity index (χ1) is 16.3. The fraction of sp³-hybridized carbons (Fsp3) is 0.500. The van der Waals surface area contributed by atoms with E-state index in [0.29, 0.717) is 0 Å². The summed E-state index contributed by atoms with van der Waals surface area (Å²) < 4.78 is 44.0. The zero-order valence-electron chi connectivity index (χ0n) is 20.5. The summed E-state index contributed by atoms with van der Waals surface area (Å²) in [6.07, 6.45) is 2.42. The third kappa shape index (κ3) is 5.29. The van der Waals surface area contributed by atoms with E-state index in [-0.39, 0.29) is 39.6 Å². The summed E-state index contributed by atoms with van der Waals surface area (Å²) in [6.45, 7) is 8.47. The van der Waals surface area contributed by atoms with Crippen LogP contribution in [-0.4, -0.2) is 52.1 Å². The van der Waals surface area contributed by atoms with Gasteiger partial charge in [-0.05, 0) is 59.7 Å². The third-order valence-corrected chi connectivity index (χ3v) is 6.42. The predicted octanol–water partition coefficient (Wildman–Crippen LogP) is 4.79. The lowest BCUT2D eigenvalue weighted by Gasteiger charge is -2.53. The summed E-state index contributed by atoms with van der Waals surface area (Å²) in [7, 11) is 3.29. The van der Waals surface area contributed by atoms with Gasteiger partial charge in [0.05, 0.1) is 11.9 Å². The van der Waals surface area contributed by atoms with Crippen LogP contribution in [0.15, 0.2) is 23.6 Å². The monoisotopic (exact) mass is 493 g/mol. The van der Waals surface area contributed by atoms with Gasteiger partial charge in [0.15, 0.2) is 23.3 Å². The Labute approximate surface area is 201 Å². The second-order valence-corrected chi connectivity index (χ2v) is 9.67. The van der Waals surface area contributed by atoms with Crippen LogP contribution in [0.2, 0.25) is 0 Å². The maximum absolute atomic E-state index is 15.1. The maximum Gasteiger partial charge on any atom is 0.343 e. The van der Waals surface area contributed by atoms with E-state index in [2.05, 4.69) is 70.8 Å². The number of aromatic nitrogens is 2. The predicted molar refractivity (Wildman–Crippen MR) is 126 cm³/mol. The molecule has 2 heterocycles. The molecule has 35 heavy (non-hydrogen) atoms. The quantitative estimate of drug-likeness (QED) is 0.339. The van der Waals surface area contributed by atoms with Crippen LogP contribution < -0.4 is 21.0 Å². The van der Waals surface area contributed by atoms with Gasteiger partial charge in [-0.1, -0.05) is 5.22 Å². The number of rotatable bonds is 6. The number of anilines is 4. The molecule has 10 nitrogen and oxygen atoms in total. The van der Waals surface area contributed by atoms with E-state index < -0.39 is 29.2 Å². The van der Waals surface area contributed by atoms with E-state index in [9.17, 15) is 13.6 Å². The number of nitrogens with zero attached hydrogens (tertiary/aromatic N) is 5. The lowest BCUT2D eigenvalue weighted by molar-refractivity contribution is -0.00778. The van der Waals surface area contributed by atoms with Crippen molar-refractivity contribution >= 4 is 29.2 Å². The van der Waals surface area contributed by atoms with Gasteiger partial charge < -0.3 is 16.0 Å². The highest BCUT2D eigenvalue weighted by Crippen LogP contribution is 2.38. The second kappa shape index (κ2) is 9.64. The van der Waals surface area contributed by atoms with Crippen LogP contribution in [0.3, 0.4) is 0 Å². The first-order valence-electron chi connectivity index (χ1n) is 11.0. The molecule has 0 radical (unpaired) electrons. The highest BCUT2D eigenvalue weighted by Gasteiger charge is 2.43. The Bertz CT molecular complexity index is 1110. The molecule has 1 aliphatic rings. The van der Waals surface area contributed by atoms with Gasteiger partial charge in [-0.25, -0.2) is 22.9 Å². The van der Waals surface area contributed by atoms with Crippen LogP contribution >= 0.6 is 0 Å². The molecule has 0 spiro atoms. The number of likely N-dealkylation sites (tertiary alicyclic amines) is 1. The van der Waals surface area contributed by atoms with Gasteiger partial charge in [0.25, 0.3) is 0 Å². The highest BCUT2D eigenvalue weighted by molar-refractivity contribution is 5.92. The van der Waals surface area contributed by atoms with Crippen molar-refractivity contribution in [2.24, 2.45) is 5.22 Å². The lowest BCUT2D eigenvalue weighted by Crippen LogP contribution is -2.61. The molecule has 4 N–H and O–H groups in total. The minimum absolute atomic E-state index is 0.0560. The van der Waals surface area contributed by atoms with Crippen molar-refractivity contribution < 1.29 is 18.0 Å². The number of benzene rings is 1. The summed E-state index contributed by atoms with van der Waals surface area (Å²) >= 11 is 0. The third-order valence-electron chi connectivity index (χ3n) is 6.42. The largest absolute Gasteiger partial charge is 0.365 e. The molecule has 1 aromatic heterocycles. The van der Waals surface area contributed by atoms with Crippen LogP contribution in [0.25, 0.3) is 0 Å². The number of hydrogen-bond donors (Lipinski definition) is 4. The van der Waals surface area contributed by atoms with Crippen LogP contribution in [0.1, 0.15) is 40.5 Å². The first kappa shape index (κ1) is 26.1. The van der Waals surface area contributed by atoms with Gasteiger partial charge in [-0.2, -0.15) is 15.5 Å². The molecule has 190 valence electrons. The lowest BCUT2D eigenvalue weighted by atomic mass is 9.77. The van der Waals surface area contributed by atoms with Crippen LogP contribution in [0.5, 0.6) is 0 Å². The zero-order valence-corrected chi connectivity index (χ0v) is 20.5. The maximum atomic E-state index is 15.1. The number of amides is 2. The van der Waals surface area contributed by atoms with E-state index in [4.69, 9.17) is 5.53 Å². The minimum atomic E-state index is -1.20. The van der Waals surface area contributed by atoms with Gasteiger partial charge in [0.2, 0.25) is 5.95 Å². The number of carbonyl (C=O) groups excluding carboxylic acids is 1. The summed E-state index contributed by atoms with van der Waals surface area (Å²) in [5.74, 6) is -3.19. The van der Waals surface area contributed by atoms with Crippen molar-refractivity contribution in [2.75, 3.05) is 29.7 Å². The Hall–Kier alpha value is -3.48. The van der Waals surface area contributed by atoms with Gasteiger partial charge in [0, 0.05) is 24.2 Å². The molecule has 0 unspecified atom stereocenters. The van der Waals surface area contributed by atoms with Gasteiger partial charge in [-0.15, -0.1) is 0 Å². The number of carbonyl (C=O) groups is 1. The minimum Gasteiger partial charge on any atom is -0.365 e. The topological polar surface area (TPSA) is 122 Å². The van der Waals surface area contributed by atoms with E-state index >= 15 is 4.39 Å². The smallest absolute Gasteiger partial charge is 0.343 e. The fourth-order valence-electron chi connectivity index (χ4n) is 4.45. The van der Waals surface area contributed by atoms with Crippen molar-refractivity contribution in [3.63, 3.8) is 0 Å². The molecular weight excluding hydrogens is 463 g/mol. The molecule has 1 fully saturated rings. The average Bonchev–Trinajstić information content (AvgIpc) is 2.78. The summed E-state index contributed by atoms with van der Waals surface area (Å²) in [6, 6.07) is 0.876. The molecule has 3 rings (SSSR count). The molecular formula is C22H30F3N9O.